The predicted molar refractivity (Wildman–Crippen MR) is 212 cm³/mol. The molecule has 0 aromatic heterocycles. The lowest BCUT2D eigenvalue weighted by atomic mass is 9.88. The first-order valence-corrected chi connectivity index (χ1v) is 22.8. The number of phosphoric acid groups is 1. The second-order valence-electron chi connectivity index (χ2n) is 15.6. The van der Waals surface area contributed by atoms with Gasteiger partial charge in [-0.1, -0.05) is 129 Å². The molecular weight excluding hydrogens is 731 g/mol. The van der Waals surface area contributed by atoms with Crippen molar-refractivity contribution in [2.24, 2.45) is 17.8 Å². The van der Waals surface area contributed by atoms with Crippen LogP contribution in [0.4, 0.5) is 0 Å². The number of rotatable bonds is 35. The van der Waals surface area contributed by atoms with Gasteiger partial charge in [0.2, 0.25) is 0 Å². The first-order valence-electron chi connectivity index (χ1n) is 21.3. The first-order chi connectivity index (χ1) is 26.3. The zero-order valence-corrected chi connectivity index (χ0v) is 35.0. The summed E-state index contributed by atoms with van der Waals surface area (Å²) in [5, 5.41) is 49.7. The lowest BCUT2D eigenvalue weighted by molar-refractivity contribution is -0.161. The van der Waals surface area contributed by atoms with E-state index >= 15 is 0 Å². The van der Waals surface area contributed by atoms with E-state index in [0.717, 1.165) is 63.7 Å². The number of hydrogen-bond donors (Lipinski definition) is 6. The molecule has 1 rings (SSSR count). The maximum absolute atomic E-state index is 12.6. The molecule has 0 spiro atoms. The summed E-state index contributed by atoms with van der Waals surface area (Å²) >= 11 is 0. The second-order valence-corrected chi connectivity index (χ2v) is 17.0. The fraction of sp³-hybridized carbons (Fsp3) is 0.902. The van der Waals surface area contributed by atoms with Crippen molar-refractivity contribution in [3.05, 3.63) is 12.2 Å². The highest BCUT2D eigenvalue weighted by molar-refractivity contribution is 7.47. The zero-order valence-electron chi connectivity index (χ0n) is 34.1. The fourth-order valence-electron chi connectivity index (χ4n) is 6.83. The fourth-order valence-corrected chi connectivity index (χ4v) is 7.62. The van der Waals surface area contributed by atoms with Gasteiger partial charge in [-0.3, -0.25) is 18.6 Å². The molecule has 0 saturated heterocycles. The Morgan fingerprint density at radius 1 is 0.764 bits per heavy atom. The molecule has 0 aromatic carbocycles. The van der Waals surface area contributed by atoms with Crippen molar-refractivity contribution in [2.45, 2.75) is 193 Å². The third kappa shape index (κ3) is 26.3. The van der Waals surface area contributed by atoms with Crippen molar-refractivity contribution < 1.29 is 63.1 Å². The third-order valence-electron chi connectivity index (χ3n) is 10.6. The Morgan fingerprint density at radius 2 is 1.35 bits per heavy atom. The third-order valence-corrected chi connectivity index (χ3v) is 11.5. The van der Waals surface area contributed by atoms with Gasteiger partial charge >= 0.3 is 19.8 Å². The highest BCUT2D eigenvalue weighted by atomic mass is 31.2. The Hall–Kier alpha value is -1.41. The smallest absolute Gasteiger partial charge is 0.462 e. The van der Waals surface area contributed by atoms with E-state index in [0.29, 0.717) is 32.1 Å². The molecule has 324 valence electrons. The van der Waals surface area contributed by atoms with Crippen LogP contribution < -0.4 is 0 Å². The van der Waals surface area contributed by atoms with E-state index in [4.69, 9.17) is 19.1 Å². The molecule has 0 radical (unpaired) electrons. The summed E-state index contributed by atoms with van der Waals surface area (Å²) < 4.78 is 32.7. The Morgan fingerprint density at radius 3 is 1.98 bits per heavy atom. The van der Waals surface area contributed by atoms with E-state index in [-0.39, 0.29) is 31.3 Å². The minimum atomic E-state index is -4.66. The summed E-state index contributed by atoms with van der Waals surface area (Å²) in [5.74, 6) is -0.580. The van der Waals surface area contributed by atoms with Gasteiger partial charge in [0, 0.05) is 25.2 Å². The number of phosphoric ester groups is 1. The summed E-state index contributed by atoms with van der Waals surface area (Å²) in [6.07, 6.45) is 18.3. The first kappa shape index (κ1) is 51.6. The second kappa shape index (κ2) is 31.6. The normalized spacial score (nSPS) is 22.0. The number of aliphatic hydroxyl groups excluding tert-OH is 5. The number of ether oxygens (including phenoxy) is 2. The van der Waals surface area contributed by atoms with Gasteiger partial charge in [-0.2, -0.15) is 0 Å². The quantitative estimate of drug-likeness (QED) is 0.0164. The van der Waals surface area contributed by atoms with Crippen molar-refractivity contribution in [3.63, 3.8) is 0 Å². The van der Waals surface area contributed by atoms with E-state index in [9.17, 15) is 39.5 Å². The molecule has 6 N–H and O–H groups in total. The summed E-state index contributed by atoms with van der Waals surface area (Å²) in [6.45, 7) is 4.34. The van der Waals surface area contributed by atoms with Crippen LogP contribution in [0.3, 0.4) is 0 Å². The highest BCUT2D eigenvalue weighted by Crippen LogP contribution is 2.43. The maximum atomic E-state index is 12.6. The zero-order chi connectivity index (χ0) is 40.9. The molecule has 14 heteroatoms. The molecule has 1 aliphatic rings. The maximum Gasteiger partial charge on any atom is 0.472 e. The Bertz CT molecular complexity index is 1060. The Balaban J connectivity index is 2.46. The molecule has 0 bridgehead atoms. The van der Waals surface area contributed by atoms with Crippen LogP contribution in [-0.4, -0.2) is 99.3 Å². The molecule has 0 aliphatic heterocycles. The SMILES string of the molecule is CCCCC[C@H](O)/C=C/[C@@H]1[C@@H](CCCCCCC(=O)OC[C@H](COP(=O)(O)OC[C@@H](O)CO)OC(=O)CCCCCCCCCCC(C)CC)[C@@H](O)C[C@H]1O. The lowest BCUT2D eigenvalue weighted by Crippen LogP contribution is -2.29. The minimum Gasteiger partial charge on any atom is -0.462 e. The predicted octanol–water partition coefficient (Wildman–Crippen LogP) is 7.07. The van der Waals surface area contributed by atoms with Crippen molar-refractivity contribution in [2.75, 3.05) is 26.4 Å². The van der Waals surface area contributed by atoms with Crippen molar-refractivity contribution in [1.29, 1.82) is 0 Å². The molecule has 2 unspecified atom stereocenters. The largest absolute Gasteiger partial charge is 0.472 e. The number of carbonyl (C=O) groups excluding carboxylic acids is 2. The molecule has 1 fully saturated rings. The molecule has 9 atom stereocenters. The van der Waals surface area contributed by atoms with Crippen molar-refractivity contribution in [3.8, 4) is 0 Å². The van der Waals surface area contributed by atoms with Gasteiger partial charge in [0.05, 0.1) is 38.1 Å². The van der Waals surface area contributed by atoms with Gasteiger partial charge in [0.25, 0.3) is 0 Å². The van der Waals surface area contributed by atoms with E-state index in [1.807, 2.05) is 6.08 Å². The molecule has 0 amide bonds. The van der Waals surface area contributed by atoms with E-state index in [2.05, 4.69) is 25.3 Å². The van der Waals surface area contributed by atoms with Gasteiger partial charge in [-0.05, 0) is 37.5 Å². The van der Waals surface area contributed by atoms with Crippen molar-refractivity contribution >= 4 is 19.8 Å². The minimum absolute atomic E-state index is 0.0978. The Kier molecular flexibility index (Phi) is 29.6. The Labute approximate surface area is 331 Å². The summed E-state index contributed by atoms with van der Waals surface area (Å²) in [4.78, 5) is 35.1. The highest BCUT2D eigenvalue weighted by Gasteiger charge is 2.39. The van der Waals surface area contributed by atoms with Crippen LogP contribution in [0.15, 0.2) is 12.2 Å². The van der Waals surface area contributed by atoms with Crippen molar-refractivity contribution in [1.82, 2.24) is 0 Å². The summed E-state index contributed by atoms with van der Waals surface area (Å²) in [7, 11) is -4.66. The molecule has 0 aromatic rings. The molecule has 55 heavy (non-hydrogen) atoms. The molecule has 13 nitrogen and oxygen atoms in total. The standard InChI is InChI=1S/C41H77O13P/c1-4-6-15-21-33(43)25-26-37-36(38(45)27-39(37)46)22-17-13-14-18-23-40(47)51-30-35(31-53-55(49,50)52-29-34(44)28-42)54-41(48)24-19-12-10-8-7-9-11-16-20-32(3)5-2/h25-26,32-39,42-46H,4-24,27-31H2,1-3H3,(H,49,50)/b26-25+/t32?,33-,34-,35+,36+,37+,38-,39+/m0/s1. The number of hydrogen-bond acceptors (Lipinski definition) is 12. The average Bonchev–Trinajstić information content (AvgIpc) is 3.43. The van der Waals surface area contributed by atoms with Crippen LogP contribution in [0.5, 0.6) is 0 Å². The van der Waals surface area contributed by atoms with Crippen LogP contribution in [0.25, 0.3) is 0 Å². The molecular formula is C41H77O13P. The number of unbranched alkanes of at least 4 members (excludes halogenated alkanes) is 12. The van der Waals surface area contributed by atoms with Crippen LogP contribution in [0.1, 0.15) is 162 Å². The van der Waals surface area contributed by atoms with Crippen LogP contribution in [0.2, 0.25) is 0 Å². The number of carbonyl (C=O) groups is 2. The van der Waals surface area contributed by atoms with E-state index in [1.165, 1.54) is 38.5 Å². The topological polar surface area (TPSA) is 210 Å². The van der Waals surface area contributed by atoms with Gasteiger partial charge in [-0.15, -0.1) is 0 Å². The van der Waals surface area contributed by atoms with Crippen LogP contribution in [-0.2, 0) is 32.7 Å². The van der Waals surface area contributed by atoms with Crippen LogP contribution >= 0.6 is 7.82 Å². The molecule has 0 heterocycles. The van der Waals surface area contributed by atoms with E-state index < -0.39 is 70.1 Å². The summed E-state index contributed by atoms with van der Waals surface area (Å²) in [6, 6.07) is 0. The van der Waals surface area contributed by atoms with Gasteiger partial charge in [0.1, 0.15) is 12.7 Å². The van der Waals surface area contributed by atoms with Gasteiger partial charge in [0.15, 0.2) is 6.10 Å². The van der Waals surface area contributed by atoms with Gasteiger partial charge < -0.3 is 39.9 Å². The lowest BCUT2D eigenvalue weighted by Gasteiger charge is -2.21. The molecule has 1 saturated carbocycles. The monoisotopic (exact) mass is 809 g/mol. The number of esters is 2. The van der Waals surface area contributed by atoms with Crippen LogP contribution in [0, 0.1) is 17.8 Å². The summed E-state index contributed by atoms with van der Waals surface area (Å²) in [5.41, 5.74) is 0. The van der Waals surface area contributed by atoms with Gasteiger partial charge in [-0.25, -0.2) is 4.57 Å². The average molecular weight is 809 g/mol. The molecule has 1 aliphatic carbocycles. The van der Waals surface area contributed by atoms with E-state index in [1.54, 1.807) is 6.08 Å². The number of aliphatic hydroxyl groups is 5.